The molecule has 4 heteroatoms. The van der Waals surface area contributed by atoms with Gasteiger partial charge in [-0.3, -0.25) is 0 Å². The highest BCUT2D eigenvalue weighted by atomic mass is 19.1. The number of nitrogens with zero attached hydrogens (tertiary/aromatic N) is 2. The average molecular weight is 251 g/mol. The zero-order chi connectivity index (χ0) is 13.1. The highest BCUT2D eigenvalue weighted by molar-refractivity contribution is 5.42. The molecule has 0 aromatic carbocycles. The molecule has 1 N–H and O–H groups in total. The van der Waals surface area contributed by atoms with Crippen molar-refractivity contribution in [2.45, 2.75) is 39.3 Å². The van der Waals surface area contributed by atoms with Gasteiger partial charge in [0.1, 0.15) is 0 Å². The molecule has 1 fully saturated rings. The summed E-state index contributed by atoms with van der Waals surface area (Å²) < 4.78 is 14.3. The monoisotopic (exact) mass is 251 g/mol. The minimum Gasteiger partial charge on any atom is -0.357 e. The molecule has 0 radical (unpaired) electrons. The Kier molecular flexibility index (Phi) is 4.17. The number of pyridine rings is 1. The van der Waals surface area contributed by atoms with Crippen molar-refractivity contribution in [3.63, 3.8) is 0 Å². The van der Waals surface area contributed by atoms with Crippen molar-refractivity contribution in [3.8, 4) is 0 Å². The Balaban J connectivity index is 2.07. The third kappa shape index (κ3) is 3.42. The van der Waals surface area contributed by atoms with Crippen LogP contribution in [0.1, 0.15) is 32.3 Å². The summed E-state index contributed by atoms with van der Waals surface area (Å²) in [4.78, 5) is 6.05. The van der Waals surface area contributed by atoms with Gasteiger partial charge < -0.3 is 10.2 Å². The van der Waals surface area contributed by atoms with Gasteiger partial charge in [-0.25, -0.2) is 9.37 Å². The number of hydrogen-bond acceptors (Lipinski definition) is 3. The Morgan fingerprint density at radius 3 is 2.83 bits per heavy atom. The van der Waals surface area contributed by atoms with Crippen molar-refractivity contribution in [1.82, 2.24) is 10.3 Å². The Labute approximate surface area is 108 Å². The van der Waals surface area contributed by atoms with Crippen LogP contribution in [0.15, 0.2) is 12.3 Å². The summed E-state index contributed by atoms with van der Waals surface area (Å²) in [6.45, 7) is 5.64. The first-order valence-corrected chi connectivity index (χ1v) is 6.66. The molecule has 0 spiro atoms. The van der Waals surface area contributed by atoms with Crippen molar-refractivity contribution in [3.05, 3.63) is 23.6 Å². The van der Waals surface area contributed by atoms with Gasteiger partial charge in [-0.2, -0.15) is 0 Å². The molecule has 1 aromatic rings. The van der Waals surface area contributed by atoms with E-state index in [0.29, 0.717) is 29.9 Å². The Bertz CT molecular complexity index is 402. The summed E-state index contributed by atoms with van der Waals surface area (Å²) in [6, 6.07) is 2.35. The molecule has 0 saturated heterocycles. The summed E-state index contributed by atoms with van der Waals surface area (Å²) in [5.74, 6) is 0.761. The molecule has 1 aliphatic rings. The predicted molar refractivity (Wildman–Crippen MR) is 72.2 cm³/mol. The van der Waals surface area contributed by atoms with E-state index in [1.54, 1.807) is 12.3 Å². The molecule has 18 heavy (non-hydrogen) atoms. The molecule has 100 valence electrons. The Morgan fingerprint density at radius 2 is 2.22 bits per heavy atom. The quantitative estimate of drug-likeness (QED) is 0.842. The third-order valence-corrected chi connectivity index (χ3v) is 3.11. The van der Waals surface area contributed by atoms with Gasteiger partial charge in [0.15, 0.2) is 11.6 Å². The standard InChI is InChI=1S/C14H22FN3/c1-10(2)9-18(3)14-13(15)11(6-7-16-14)8-17-12-4-5-12/h6-7,10,12,17H,4-5,8-9H2,1-3H3. The summed E-state index contributed by atoms with van der Waals surface area (Å²) in [6.07, 6.45) is 4.12. The van der Waals surface area contributed by atoms with Gasteiger partial charge in [-0.05, 0) is 24.8 Å². The van der Waals surface area contributed by atoms with E-state index in [9.17, 15) is 4.39 Å². The van der Waals surface area contributed by atoms with E-state index in [1.807, 2.05) is 11.9 Å². The fourth-order valence-electron chi connectivity index (χ4n) is 2.05. The van der Waals surface area contributed by atoms with Crippen LogP contribution in [0.2, 0.25) is 0 Å². The van der Waals surface area contributed by atoms with Crippen LogP contribution >= 0.6 is 0 Å². The van der Waals surface area contributed by atoms with Gasteiger partial charge in [0.05, 0.1) is 0 Å². The van der Waals surface area contributed by atoms with Gasteiger partial charge in [0.2, 0.25) is 0 Å². The molecule has 1 heterocycles. The fraction of sp³-hybridized carbons (Fsp3) is 0.643. The number of nitrogens with one attached hydrogen (secondary N) is 1. The zero-order valence-corrected chi connectivity index (χ0v) is 11.4. The van der Waals surface area contributed by atoms with Crippen LogP contribution in [-0.2, 0) is 6.54 Å². The molecule has 0 bridgehead atoms. The van der Waals surface area contributed by atoms with E-state index in [-0.39, 0.29) is 5.82 Å². The molecule has 0 unspecified atom stereocenters. The van der Waals surface area contributed by atoms with Crippen molar-refractivity contribution >= 4 is 5.82 Å². The molecular weight excluding hydrogens is 229 g/mol. The number of aromatic nitrogens is 1. The average Bonchev–Trinajstić information content (AvgIpc) is 3.10. The zero-order valence-electron chi connectivity index (χ0n) is 11.4. The van der Waals surface area contributed by atoms with Gasteiger partial charge in [-0.15, -0.1) is 0 Å². The first kappa shape index (κ1) is 13.3. The molecular formula is C14H22FN3. The lowest BCUT2D eigenvalue weighted by atomic mass is 10.2. The molecule has 0 atom stereocenters. The van der Waals surface area contributed by atoms with Crippen molar-refractivity contribution in [2.75, 3.05) is 18.5 Å². The van der Waals surface area contributed by atoms with E-state index < -0.39 is 0 Å². The maximum atomic E-state index is 14.3. The molecule has 1 saturated carbocycles. The van der Waals surface area contributed by atoms with E-state index in [2.05, 4.69) is 24.1 Å². The summed E-state index contributed by atoms with van der Waals surface area (Å²) in [5, 5.41) is 3.33. The number of hydrogen-bond donors (Lipinski definition) is 1. The van der Waals surface area contributed by atoms with Crippen LogP contribution in [0.5, 0.6) is 0 Å². The molecule has 0 amide bonds. The number of anilines is 1. The Morgan fingerprint density at radius 1 is 1.50 bits per heavy atom. The van der Waals surface area contributed by atoms with Crippen molar-refractivity contribution in [2.24, 2.45) is 5.92 Å². The van der Waals surface area contributed by atoms with Crippen LogP contribution in [0.3, 0.4) is 0 Å². The predicted octanol–water partition coefficient (Wildman–Crippen LogP) is 2.56. The van der Waals surface area contributed by atoms with Gasteiger partial charge in [0, 0.05) is 37.9 Å². The van der Waals surface area contributed by atoms with Crippen molar-refractivity contribution < 1.29 is 4.39 Å². The maximum absolute atomic E-state index is 14.3. The summed E-state index contributed by atoms with van der Waals surface area (Å²) in [7, 11) is 1.89. The smallest absolute Gasteiger partial charge is 0.170 e. The highest BCUT2D eigenvalue weighted by Crippen LogP contribution is 2.22. The van der Waals surface area contributed by atoms with E-state index >= 15 is 0 Å². The molecule has 2 rings (SSSR count). The second-order valence-electron chi connectivity index (χ2n) is 5.54. The second kappa shape index (κ2) is 5.65. The van der Waals surface area contributed by atoms with E-state index in [1.165, 1.54) is 12.8 Å². The summed E-state index contributed by atoms with van der Waals surface area (Å²) in [5.41, 5.74) is 0.711. The minimum absolute atomic E-state index is 0.186. The second-order valence-corrected chi connectivity index (χ2v) is 5.54. The SMILES string of the molecule is CC(C)CN(C)c1nccc(CNC2CC2)c1F. The maximum Gasteiger partial charge on any atom is 0.170 e. The first-order chi connectivity index (χ1) is 8.58. The largest absolute Gasteiger partial charge is 0.357 e. The van der Waals surface area contributed by atoms with Gasteiger partial charge in [-0.1, -0.05) is 13.8 Å². The van der Waals surface area contributed by atoms with Crippen LogP contribution in [0.25, 0.3) is 0 Å². The Hall–Kier alpha value is -1.16. The first-order valence-electron chi connectivity index (χ1n) is 6.66. The number of rotatable bonds is 6. The number of halogens is 1. The van der Waals surface area contributed by atoms with Crippen molar-refractivity contribution in [1.29, 1.82) is 0 Å². The molecule has 1 aliphatic carbocycles. The lowest BCUT2D eigenvalue weighted by Gasteiger charge is -2.21. The van der Waals surface area contributed by atoms with Crippen LogP contribution in [-0.4, -0.2) is 24.6 Å². The minimum atomic E-state index is -0.186. The lowest BCUT2D eigenvalue weighted by Crippen LogP contribution is -2.25. The lowest BCUT2D eigenvalue weighted by molar-refractivity contribution is 0.566. The van der Waals surface area contributed by atoms with Gasteiger partial charge >= 0.3 is 0 Å². The fourth-order valence-corrected chi connectivity index (χ4v) is 2.05. The van der Waals surface area contributed by atoms with Gasteiger partial charge in [0.25, 0.3) is 0 Å². The summed E-state index contributed by atoms with van der Waals surface area (Å²) >= 11 is 0. The van der Waals surface area contributed by atoms with E-state index in [4.69, 9.17) is 0 Å². The van der Waals surface area contributed by atoms with E-state index in [0.717, 1.165) is 6.54 Å². The normalized spacial score (nSPS) is 15.2. The van der Waals surface area contributed by atoms with Crippen LogP contribution in [0.4, 0.5) is 10.2 Å². The topological polar surface area (TPSA) is 28.2 Å². The molecule has 3 nitrogen and oxygen atoms in total. The third-order valence-electron chi connectivity index (χ3n) is 3.11. The molecule has 0 aliphatic heterocycles. The van der Waals surface area contributed by atoms with Crippen LogP contribution < -0.4 is 10.2 Å². The van der Waals surface area contributed by atoms with Crippen LogP contribution in [0, 0.1) is 11.7 Å². The highest BCUT2D eigenvalue weighted by Gasteiger charge is 2.21. The molecule has 1 aromatic heterocycles.